The molecule has 0 saturated carbocycles. The van der Waals surface area contributed by atoms with Crippen LogP contribution in [0, 0.1) is 0 Å². The molecule has 24 heavy (non-hydrogen) atoms. The van der Waals surface area contributed by atoms with Crippen molar-refractivity contribution < 1.29 is 19.1 Å². The van der Waals surface area contributed by atoms with Crippen molar-refractivity contribution in [3.8, 4) is 0 Å². The first-order chi connectivity index (χ1) is 11.5. The third kappa shape index (κ3) is 2.50. The predicted molar refractivity (Wildman–Crippen MR) is 99.5 cm³/mol. The zero-order chi connectivity index (χ0) is 17.4. The van der Waals surface area contributed by atoms with Crippen LogP contribution in [0.3, 0.4) is 0 Å². The molecule has 4 nitrogen and oxygen atoms in total. The van der Waals surface area contributed by atoms with Crippen molar-refractivity contribution >= 4 is 65.3 Å². The molecule has 3 aromatic rings. The van der Waals surface area contributed by atoms with E-state index in [1.807, 2.05) is 12.1 Å². The van der Waals surface area contributed by atoms with Crippen molar-refractivity contribution in [1.82, 2.24) is 0 Å². The van der Waals surface area contributed by atoms with E-state index in [2.05, 4.69) is 31.9 Å². The quantitative estimate of drug-likeness (QED) is 0.402. The molecule has 0 aliphatic rings. The molecule has 0 heterocycles. The maximum absolute atomic E-state index is 12.2. The summed E-state index contributed by atoms with van der Waals surface area (Å²) < 4.78 is 11.2. The van der Waals surface area contributed by atoms with Gasteiger partial charge in [0, 0.05) is 19.7 Å². The lowest BCUT2D eigenvalue weighted by Gasteiger charge is -2.14. The van der Waals surface area contributed by atoms with E-state index in [0.29, 0.717) is 26.4 Å². The molecule has 0 N–H and O–H groups in total. The van der Waals surface area contributed by atoms with Crippen LogP contribution in [0.5, 0.6) is 0 Å². The zero-order valence-electron chi connectivity index (χ0n) is 12.9. The fourth-order valence-electron chi connectivity index (χ4n) is 2.77. The normalized spacial score (nSPS) is 10.8. The highest BCUT2D eigenvalue weighted by Crippen LogP contribution is 2.42. The molecule has 0 bridgehead atoms. The monoisotopic (exact) mass is 450 g/mol. The highest BCUT2D eigenvalue weighted by molar-refractivity contribution is 9.11. The summed E-state index contributed by atoms with van der Waals surface area (Å²) in [4.78, 5) is 24.3. The molecule has 0 aromatic heterocycles. The Labute approximate surface area is 155 Å². The summed E-state index contributed by atoms with van der Waals surface area (Å²) in [7, 11) is 2.68. The van der Waals surface area contributed by atoms with E-state index in [9.17, 15) is 9.59 Å². The number of carbonyl (C=O) groups excluding carboxylic acids is 2. The van der Waals surface area contributed by atoms with Gasteiger partial charge in [-0.2, -0.15) is 0 Å². The van der Waals surface area contributed by atoms with E-state index in [1.54, 1.807) is 24.3 Å². The molecule has 0 aliphatic heterocycles. The molecule has 0 atom stereocenters. The van der Waals surface area contributed by atoms with Crippen LogP contribution in [0.1, 0.15) is 20.7 Å². The first kappa shape index (κ1) is 16.9. The second-order valence-electron chi connectivity index (χ2n) is 5.07. The van der Waals surface area contributed by atoms with Gasteiger partial charge in [0.05, 0.1) is 25.3 Å². The van der Waals surface area contributed by atoms with Crippen LogP contribution in [0.4, 0.5) is 0 Å². The van der Waals surface area contributed by atoms with Gasteiger partial charge in [0.15, 0.2) is 0 Å². The molecule has 0 aliphatic carbocycles. The summed E-state index contributed by atoms with van der Waals surface area (Å²) in [6.45, 7) is 0. The Morgan fingerprint density at radius 2 is 1.17 bits per heavy atom. The van der Waals surface area contributed by atoms with Gasteiger partial charge in [-0.3, -0.25) is 0 Å². The number of benzene rings is 3. The third-order valence-electron chi connectivity index (χ3n) is 3.85. The molecule has 0 spiro atoms. The molecule has 6 heteroatoms. The highest BCUT2D eigenvalue weighted by atomic mass is 79.9. The second-order valence-corrected chi connectivity index (χ2v) is 6.65. The standard InChI is InChI=1S/C18H12Br2O4/c1-23-17(21)11-7-3-5-9-13(11)16(20)14-10(15(9)19)6-4-8-12(14)18(22)24-2/h3-8H,1-2H3. The van der Waals surface area contributed by atoms with Crippen molar-refractivity contribution in [2.75, 3.05) is 14.2 Å². The van der Waals surface area contributed by atoms with Gasteiger partial charge >= 0.3 is 11.9 Å². The smallest absolute Gasteiger partial charge is 0.338 e. The number of hydrogen-bond acceptors (Lipinski definition) is 4. The van der Waals surface area contributed by atoms with E-state index in [-0.39, 0.29) is 0 Å². The summed E-state index contributed by atoms with van der Waals surface area (Å²) >= 11 is 7.18. The van der Waals surface area contributed by atoms with Gasteiger partial charge in [-0.25, -0.2) is 9.59 Å². The van der Waals surface area contributed by atoms with Gasteiger partial charge in [0.1, 0.15) is 0 Å². The first-order valence-corrected chi connectivity index (χ1v) is 8.58. The van der Waals surface area contributed by atoms with E-state index in [4.69, 9.17) is 9.47 Å². The lowest BCUT2D eigenvalue weighted by Crippen LogP contribution is -2.05. The maximum atomic E-state index is 12.2. The molecule has 0 radical (unpaired) electrons. The second kappa shape index (κ2) is 6.53. The van der Waals surface area contributed by atoms with Gasteiger partial charge in [0.25, 0.3) is 0 Å². The average Bonchev–Trinajstić information content (AvgIpc) is 2.63. The Kier molecular flexibility index (Phi) is 4.60. The van der Waals surface area contributed by atoms with E-state index >= 15 is 0 Å². The zero-order valence-corrected chi connectivity index (χ0v) is 16.0. The SMILES string of the molecule is COC(=O)c1cccc2c(Br)c3cccc(C(=O)OC)c3c(Br)c12. The minimum atomic E-state index is -0.442. The number of fused-ring (bicyclic) bond motifs is 2. The van der Waals surface area contributed by atoms with Crippen LogP contribution in [0.2, 0.25) is 0 Å². The molecular weight excluding hydrogens is 440 g/mol. The van der Waals surface area contributed by atoms with Crippen molar-refractivity contribution in [1.29, 1.82) is 0 Å². The van der Waals surface area contributed by atoms with Crippen molar-refractivity contribution in [3.63, 3.8) is 0 Å². The lowest BCUT2D eigenvalue weighted by atomic mass is 9.97. The van der Waals surface area contributed by atoms with E-state index in [0.717, 1.165) is 15.2 Å². The predicted octanol–water partition coefficient (Wildman–Crippen LogP) is 5.09. The topological polar surface area (TPSA) is 52.6 Å². The average molecular weight is 452 g/mol. The van der Waals surface area contributed by atoms with Crippen LogP contribution in [0.15, 0.2) is 45.3 Å². The van der Waals surface area contributed by atoms with Crippen LogP contribution < -0.4 is 0 Å². The Hall–Kier alpha value is -1.92. The maximum Gasteiger partial charge on any atom is 0.338 e. The summed E-state index contributed by atoms with van der Waals surface area (Å²) in [6, 6.07) is 10.8. The Morgan fingerprint density at radius 1 is 0.750 bits per heavy atom. The van der Waals surface area contributed by atoms with Crippen molar-refractivity contribution in [3.05, 3.63) is 56.5 Å². The Bertz CT molecular complexity index is 918. The molecule has 0 fully saturated rings. The summed E-state index contributed by atoms with van der Waals surface area (Å²) in [5.74, 6) is -0.883. The lowest BCUT2D eigenvalue weighted by molar-refractivity contribution is 0.0594. The molecule has 122 valence electrons. The minimum Gasteiger partial charge on any atom is -0.465 e. The largest absolute Gasteiger partial charge is 0.465 e. The molecule has 0 unspecified atom stereocenters. The Morgan fingerprint density at radius 3 is 1.54 bits per heavy atom. The summed E-state index contributed by atoms with van der Waals surface area (Å²) in [5.41, 5.74) is 0.841. The molecule has 3 aromatic carbocycles. The van der Waals surface area contributed by atoms with Crippen molar-refractivity contribution in [2.45, 2.75) is 0 Å². The van der Waals surface area contributed by atoms with Crippen LogP contribution in [-0.2, 0) is 9.47 Å². The minimum absolute atomic E-state index is 0.421. The number of methoxy groups -OCH3 is 2. The molecule has 0 saturated heterocycles. The molecule has 3 rings (SSSR count). The van der Waals surface area contributed by atoms with Crippen LogP contribution >= 0.6 is 31.9 Å². The highest BCUT2D eigenvalue weighted by Gasteiger charge is 2.21. The van der Waals surface area contributed by atoms with Gasteiger partial charge in [-0.15, -0.1) is 0 Å². The summed E-state index contributed by atoms with van der Waals surface area (Å²) in [6.07, 6.45) is 0. The molecule has 0 amide bonds. The van der Waals surface area contributed by atoms with E-state index < -0.39 is 11.9 Å². The first-order valence-electron chi connectivity index (χ1n) is 7.00. The van der Waals surface area contributed by atoms with Crippen LogP contribution in [-0.4, -0.2) is 26.2 Å². The number of carbonyl (C=O) groups is 2. The van der Waals surface area contributed by atoms with Gasteiger partial charge in [0.2, 0.25) is 0 Å². The number of halogens is 2. The number of hydrogen-bond donors (Lipinski definition) is 0. The fourth-order valence-corrected chi connectivity index (χ4v) is 4.29. The Balaban J connectivity index is 2.57. The third-order valence-corrected chi connectivity index (χ3v) is 5.50. The van der Waals surface area contributed by atoms with Gasteiger partial charge in [-0.1, -0.05) is 24.3 Å². The number of rotatable bonds is 2. The van der Waals surface area contributed by atoms with Crippen LogP contribution in [0.25, 0.3) is 21.5 Å². The van der Waals surface area contributed by atoms with E-state index in [1.165, 1.54) is 14.2 Å². The van der Waals surface area contributed by atoms with Gasteiger partial charge in [-0.05, 0) is 54.8 Å². The summed E-state index contributed by atoms with van der Waals surface area (Å²) in [5, 5.41) is 3.05. The number of ether oxygens (including phenoxy) is 2. The number of esters is 2. The fraction of sp³-hybridized carbons (Fsp3) is 0.111. The molecular formula is C18H12Br2O4. The van der Waals surface area contributed by atoms with Gasteiger partial charge < -0.3 is 9.47 Å². The van der Waals surface area contributed by atoms with Crippen molar-refractivity contribution in [2.24, 2.45) is 0 Å².